The summed E-state index contributed by atoms with van der Waals surface area (Å²) < 4.78 is 6.83. The number of benzene rings is 7. The number of rotatable bonds is 3. The van der Waals surface area contributed by atoms with E-state index in [-0.39, 0.29) is 0 Å². The van der Waals surface area contributed by atoms with Crippen LogP contribution in [0.1, 0.15) is 22.3 Å². The van der Waals surface area contributed by atoms with Crippen LogP contribution in [0.25, 0.3) is 21.9 Å². The van der Waals surface area contributed by atoms with E-state index in [0.717, 1.165) is 34.1 Å². The topological polar surface area (TPSA) is 12.5 Å². The number of hydrogen-bond donors (Lipinski definition) is 0. The number of hydrogen-bond acceptors (Lipinski definition) is 2. The van der Waals surface area contributed by atoms with Gasteiger partial charge in [0.05, 0.1) is 5.41 Å². The first-order valence-corrected chi connectivity index (χ1v) is 14.8. The molecule has 1 spiro atoms. The molecule has 43 heavy (non-hydrogen) atoms. The van der Waals surface area contributed by atoms with Gasteiger partial charge in [0.15, 0.2) is 0 Å². The Labute approximate surface area is 251 Å². The summed E-state index contributed by atoms with van der Waals surface area (Å²) in [6, 6.07) is 58.8. The fraction of sp³-hybridized carbons (Fsp3) is 0.0244. The van der Waals surface area contributed by atoms with Gasteiger partial charge >= 0.3 is 0 Å². The van der Waals surface area contributed by atoms with Gasteiger partial charge in [0, 0.05) is 28.2 Å². The molecular weight excluding hydrogens is 522 g/mol. The van der Waals surface area contributed by atoms with Gasteiger partial charge in [-0.05, 0) is 87.6 Å². The lowest BCUT2D eigenvalue weighted by Gasteiger charge is -2.40. The van der Waals surface area contributed by atoms with Crippen molar-refractivity contribution in [2.24, 2.45) is 0 Å². The van der Waals surface area contributed by atoms with Crippen LogP contribution >= 0.6 is 0 Å². The molecule has 2 heteroatoms. The Bertz CT molecular complexity index is 2080. The maximum Gasteiger partial charge on any atom is 0.132 e. The number of anilines is 3. The van der Waals surface area contributed by atoms with Crippen molar-refractivity contribution in [2.75, 3.05) is 4.90 Å². The van der Waals surface area contributed by atoms with E-state index in [1.165, 1.54) is 38.6 Å². The number of ether oxygens (including phenoxy) is 1. The summed E-state index contributed by atoms with van der Waals surface area (Å²) in [6.07, 6.45) is 0. The minimum Gasteiger partial charge on any atom is -0.457 e. The number of fused-ring (bicyclic) bond motifs is 10. The molecule has 0 radical (unpaired) electrons. The molecule has 1 heterocycles. The lowest BCUT2D eigenvalue weighted by molar-refractivity contribution is 0.437. The number of para-hydroxylation sites is 2. The first kappa shape index (κ1) is 24.0. The largest absolute Gasteiger partial charge is 0.457 e. The van der Waals surface area contributed by atoms with E-state index < -0.39 is 5.41 Å². The maximum absolute atomic E-state index is 6.83. The molecule has 2 aliphatic rings. The smallest absolute Gasteiger partial charge is 0.132 e. The van der Waals surface area contributed by atoms with Crippen LogP contribution in [0.5, 0.6) is 11.5 Å². The van der Waals surface area contributed by atoms with Gasteiger partial charge in [-0.3, -0.25) is 0 Å². The van der Waals surface area contributed by atoms with Gasteiger partial charge < -0.3 is 9.64 Å². The average molecular weight is 550 g/mol. The average Bonchev–Trinajstić information content (AvgIpc) is 3.36. The van der Waals surface area contributed by atoms with E-state index in [1.54, 1.807) is 0 Å². The fourth-order valence-electron chi connectivity index (χ4n) is 7.32. The molecule has 0 amide bonds. The summed E-state index contributed by atoms with van der Waals surface area (Å²) in [7, 11) is 0. The third-order valence-corrected chi connectivity index (χ3v) is 9.08. The predicted molar refractivity (Wildman–Crippen MR) is 176 cm³/mol. The van der Waals surface area contributed by atoms with Gasteiger partial charge in [-0.1, -0.05) is 109 Å². The molecule has 0 unspecified atom stereocenters. The Morgan fingerprint density at radius 1 is 0.372 bits per heavy atom. The van der Waals surface area contributed by atoms with Gasteiger partial charge in [0.25, 0.3) is 0 Å². The summed E-state index contributed by atoms with van der Waals surface area (Å²) in [5.41, 5.74) is 10.2. The minimum absolute atomic E-state index is 0.533. The first-order chi connectivity index (χ1) is 21.3. The third kappa shape index (κ3) is 3.41. The molecule has 202 valence electrons. The van der Waals surface area contributed by atoms with E-state index in [4.69, 9.17) is 4.74 Å². The summed E-state index contributed by atoms with van der Waals surface area (Å²) in [6.45, 7) is 0. The number of nitrogens with zero attached hydrogens (tertiary/aromatic N) is 1. The van der Waals surface area contributed by atoms with Gasteiger partial charge in [-0.2, -0.15) is 0 Å². The van der Waals surface area contributed by atoms with Crippen LogP contribution in [0.2, 0.25) is 0 Å². The molecule has 0 saturated heterocycles. The molecule has 7 aromatic carbocycles. The summed E-state index contributed by atoms with van der Waals surface area (Å²) in [5, 5.41) is 2.39. The molecule has 9 rings (SSSR count). The third-order valence-electron chi connectivity index (χ3n) is 9.08. The standard InChI is InChI=1S/C41H27NO/c1-3-15-30(16-4-1)42(31-17-5-2-6-18-31)32-23-24-39-38(27-32)41(37-25-28-13-7-8-14-29(28)26-40(37)43-39)35-21-11-9-19-33(35)34-20-10-12-22-36(34)41/h1-27H. The Morgan fingerprint density at radius 3 is 1.51 bits per heavy atom. The highest BCUT2D eigenvalue weighted by Crippen LogP contribution is 2.63. The van der Waals surface area contributed by atoms with Crippen LogP contribution in [-0.4, -0.2) is 0 Å². The fourth-order valence-corrected chi connectivity index (χ4v) is 7.32. The van der Waals surface area contributed by atoms with Crippen molar-refractivity contribution in [1.82, 2.24) is 0 Å². The van der Waals surface area contributed by atoms with Gasteiger partial charge in [-0.25, -0.2) is 0 Å². The Kier molecular flexibility index (Phi) is 5.15. The van der Waals surface area contributed by atoms with Crippen molar-refractivity contribution in [2.45, 2.75) is 5.41 Å². The van der Waals surface area contributed by atoms with E-state index in [0.29, 0.717) is 0 Å². The van der Waals surface area contributed by atoms with Crippen LogP contribution in [0.3, 0.4) is 0 Å². The summed E-state index contributed by atoms with van der Waals surface area (Å²) in [4.78, 5) is 2.33. The molecule has 0 saturated carbocycles. The lowest BCUT2D eigenvalue weighted by Crippen LogP contribution is -2.32. The van der Waals surface area contributed by atoms with Crippen LogP contribution in [0.4, 0.5) is 17.1 Å². The molecule has 0 aromatic heterocycles. The Morgan fingerprint density at radius 2 is 0.884 bits per heavy atom. The van der Waals surface area contributed by atoms with Gasteiger partial charge in [0.1, 0.15) is 11.5 Å². The van der Waals surface area contributed by atoms with Crippen molar-refractivity contribution in [3.8, 4) is 22.6 Å². The summed E-state index contributed by atoms with van der Waals surface area (Å²) >= 11 is 0. The van der Waals surface area contributed by atoms with Gasteiger partial charge in [0.2, 0.25) is 0 Å². The van der Waals surface area contributed by atoms with Gasteiger partial charge in [-0.15, -0.1) is 0 Å². The second-order valence-corrected chi connectivity index (χ2v) is 11.3. The van der Waals surface area contributed by atoms with Crippen molar-refractivity contribution in [3.05, 3.63) is 186 Å². The monoisotopic (exact) mass is 549 g/mol. The normalized spacial score (nSPS) is 13.5. The van der Waals surface area contributed by atoms with E-state index in [2.05, 4.69) is 169 Å². The molecule has 0 atom stereocenters. The van der Waals surface area contributed by atoms with Crippen LogP contribution in [0, 0.1) is 0 Å². The van der Waals surface area contributed by atoms with Crippen molar-refractivity contribution in [1.29, 1.82) is 0 Å². The quantitative estimate of drug-likeness (QED) is 0.217. The maximum atomic E-state index is 6.83. The zero-order valence-electron chi connectivity index (χ0n) is 23.4. The van der Waals surface area contributed by atoms with Crippen LogP contribution in [0.15, 0.2) is 164 Å². The van der Waals surface area contributed by atoms with E-state index >= 15 is 0 Å². The highest BCUT2D eigenvalue weighted by Gasteiger charge is 2.51. The zero-order valence-corrected chi connectivity index (χ0v) is 23.4. The molecule has 0 N–H and O–H groups in total. The lowest BCUT2D eigenvalue weighted by atomic mass is 9.65. The van der Waals surface area contributed by atoms with E-state index in [9.17, 15) is 0 Å². The summed E-state index contributed by atoms with van der Waals surface area (Å²) in [5.74, 6) is 1.80. The van der Waals surface area contributed by atoms with Crippen molar-refractivity contribution >= 4 is 27.8 Å². The molecule has 2 nitrogen and oxygen atoms in total. The zero-order chi connectivity index (χ0) is 28.4. The highest BCUT2D eigenvalue weighted by molar-refractivity contribution is 5.93. The molecule has 0 bridgehead atoms. The highest BCUT2D eigenvalue weighted by atomic mass is 16.5. The molecular formula is C41H27NO. The minimum atomic E-state index is -0.533. The molecule has 1 aliphatic heterocycles. The molecule has 0 fully saturated rings. The SMILES string of the molecule is c1ccc(N(c2ccccc2)c2ccc3c(c2)C2(c4cc5ccccc5cc4O3)c3ccccc3-c3ccccc32)cc1. The second-order valence-electron chi connectivity index (χ2n) is 11.3. The molecule has 1 aliphatic carbocycles. The Balaban J connectivity index is 1.39. The predicted octanol–water partition coefficient (Wildman–Crippen LogP) is 10.8. The van der Waals surface area contributed by atoms with Crippen molar-refractivity contribution < 1.29 is 4.74 Å². The second kappa shape index (κ2) is 9.20. The van der Waals surface area contributed by atoms with Crippen LogP contribution < -0.4 is 9.64 Å². The Hall–Kier alpha value is -5.60. The van der Waals surface area contributed by atoms with Crippen LogP contribution in [-0.2, 0) is 5.41 Å². The van der Waals surface area contributed by atoms with Crippen molar-refractivity contribution in [3.63, 3.8) is 0 Å². The molecule has 7 aromatic rings. The van der Waals surface area contributed by atoms with E-state index in [1.807, 2.05) is 0 Å². The first-order valence-electron chi connectivity index (χ1n) is 14.8.